The van der Waals surface area contributed by atoms with E-state index in [9.17, 15) is 0 Å². The highest BCUT2D eigenvalue weighted by molar-refractivity contribution is 9.09. The molecule has 2 rings (SSSR count). The molecule has 0 aliphatic carbocycles. The normalized spacial score (nSPS) is 25.3. The molecule has 0 radical (unpaired) electrons. The molecule has 1 heterocycles. The second-order valence-corrected chi connectivity index (χ2v) is 6.32. The van der Waals surface area contributed by atoms with E-state index in [1.807, 2.05) is 12.1 Å². The molecule has 0 aromatic heterocycles. The second-order valence-electron chi connectivity index (χ2n) is 5.23. The topological polar surface area (TPSA) is 9.23 Å². The lowest BCUT2D eigenvalue weighted by Gasteiger charge is -2.19. The van der Waals surface area contributed by atoms with Crippen LogP contribution in [0.25, 0.3) is 0 Å². The van der Waals surface area contributed by atoms with Crippen LogP contribution in [0.5, 0.6) is 0 Å². The highest BCUT2D eigenvalue weighted by Crippen LogP contribution is 2.27. The third-order valence-electron chi connectivity index (χ3n) is 3.57. The van der Waals surface area contributed by atoms with Crippen LogP contribution in [-0.4, -0.2) is 17.5 Å². The van der Waals surface area contributed by atoms with E-state index < -0.39 is 0 Å². The van der Waals surface area contributed by atoms with Crippen molar-refractivity contribution in [3.63, 3.8) is 0 Å². The van der Waals surface area contributed by atoms with Gasteiger partial charge in [0.25, 0.3) is 0 Å². The van der Waals surface area contributed by atoms with Gasteiger partial charge in [0.1, 0.15) is 0 Å². The van der Waals surface area contributed by atoms with Crippen molar-refractivity contribution in [1.82, 2.24) is 0 Å². The van der Waals surface area contributed by atoms with Crippen molar-refractivity contribution < 1.29 is 4.74 Å². The quantitative estimate of drug-likeness (QED) is 0.701. The van der Waals surface area contributed by atoms with Crippen molar-refractivity contribution in [2.45, 2.75) is 44.8 Å². The van der Waals surface area contributed by atoms with Crippen LogP contribution >= 0.6 is 27.5 Å². The SMILES string of the molecule is CC1CCC(CC(CBr)Cc2ccc(Cl)cc2)O1. The first-order valence-electron chi connectivity index (χ1n) is 6.63. The van der Waals surface area contributed by atoms with Crippen molar-refractivity contribution in [2.75, 3.05) is 5.33 Å². The lowest BCUT2D eigenvalue weighted by molar-refractivity contribution is 0.0428. The molecule has 0 bridgehead atoms. The zero-order chi connectivity index (χ0) is 13.0. The van der Waals surface area contributed by atoms with E-state index in [1.165, 1.54) is 18.4 Å². The lowest BCUT2D eigenvalue weighted by Crippen LogP contribution is -2.17. The van der Waals surface area contributed by atoms with Crippen molar-refractivity contribution in [3.8, 4) is 0 Å². The minimum Gasteiger partial charge on any atom is -0.375 e. The Kier molecular flexibility index (Phi) is 5.53. The first kappa shape index (κ1) is 14.4. The van der Waals surface area contributed by atoms with Crippen LogP contribution in [-0.2, 0) is 11.2 Å². The predicted octanol–water partition coefficient (Wildman–Crippen LogP) is 4.85. The molecule has 0 N–H and O–H groups in total. The summed E-state index contributed by atoms with van der Waals surface area (Å²) in [4.78, 5) is 0. The molecule has 3 atom stereocenters. The van der Waals surface area contributed by atoms with Gasteiger partial charge in [-0.05, 0) is 56.2 Å². The molecule has 1 aliphatic heterocycles. The first-order valence-corrected chi connectivity index (χ1v) is 8.13. The maximum Gasteiger partial charge on any atom is 0.0582 e. The number of ether oxygens (including phenoxy) is 1. The van der Waals surface area contributed by atoms with Gasteiger partial charge < -0.3 is 4.74 Å². The molecule has 3 unspecified atom stereocenters. The maximum absolute atomic E-state index is 5.91. The molecule has 0 spiro atoms. The van der Waals surface area contributed by atoms with Crippen molar-refractivity contribution in [2.24, 2.45) is 5.92 Å². The molecule has 18 heavy (non-hydrogen) atoms. The summed E-state index contributed by atoms with van der Waals surface area (Å²) in [5.41, 5.74) is 1.36. The van der Waals surface area contributed by atoms with E-state index in [2.05, 4.69) is 35.0 Å². The smallest absolute Gasteiger partial charge is 0.0582 e. The summed E-state index contributed by atoms with van der Waals surface area (Å²) in [7, 11) is 0. The average Bonchev–Trinajstić information content (AvgIpc) is 2.77. The first-order chi connectivity index (χ1) is 8.67. The molecule has 0 amide bonds. The Hall–Kier alpha value is -0.0500. The second kappa shape index (κ2) is 6.93. The Morgan fingerprint density at radius 2 is 2.06 bits per heavy atom. The van der Waals surface area contributed by atoms with E-state index in [-0.39, 0.29) is 0 Å². The van der Waals surface area contributed by atoms with E-state index in [4.69, 9.17) is 16.3 Å². The number of alkyl halides is 1. The summed E-state index contributed by atoms with van der Waals surface area (Å²) in [5, 5.41) is 1.84. The monoisotopic (exact) mass is 330 g/mol. The summed E-state index contributed by atoms with van der Waals surface area (Å²) in [6.45, 7) is 2.17. The van der Waals surface area contributed by atoms with Crippen molar-refractivity contribution in [1.29, 1.82) is 0 Å². The molecular weight excluding hydrogens is 312 g/mol. The fourth-order valence-electron chi connectivity index (χ4n) is 2.59. The summed E-state index contributed by atoms with van der Waals surface area (Å²) < 4.78 is 5.91. The Balaban J connectivity index is 1.87. The van der Waals surface area contributed by atoms with E-state index in [1.54, 1.807) is 0 Å². The maximum atomic E-state index is 5.91. The average molecular weight is 332 g/mol. The van der Waals surface area contributed by atoms with Gasteiger partial charge in [0.15, 0.2) is 0 Å². The Labute approximate surface area is 123 Å². The van der Waals surface area contributed by atoms with Crippen LogP contribution in [0.15, 0.2) is 24.3 Å². The lowest BCUT2D eigenvalue weighted by atomic mass is 9.94. The van der Waals surface area contributed by atoms with Crippen molar-refractivity contribution in [3.05, 3.63) is 34.9 Å². The van der Waals surface area contributed by atoms with Gasteiger partial charge in [-0.2, -0.15) is 0 Å². The standard InChI is InChI=1S/C15H20BrClO/c1-11-2-7-15(18-11)9-13(10-16)8-12-3-5-14(17)6-4-12/h3-6,11,13,15H,2,7-10H2,1H3. The number of halogens is 2. The number of hydrogen-bond acceptors (Lipinski definition) is 1. The zero-order valence-corrected chi connectivity index (χ0v) is 13.1. The third kappa shape index (κ3) is 4.25. The summed E-state index contributed by atoms with van der Waals surface area (Å²) in [6, 6.07) is 8.18. The van der Waals surface area contributed by atoms with Gasteiger partial charge in [0.2, 0.25) is 0 Å². The fourth-order valence-corrected chi connectivity index (χ4v) is 3.20. The fraction of sp³-hybridized carbons (Fsp3) is 0.600. The van der Waals surface area contributed by atoms with Crippen LogP contribution in [0.3, 0.4) is 0 Å². The number of hydrogen-bond donors (Lipinski definition) is 0. The van der Waals surface area contributed by atoms with E-state index in [0.29, 0.717) is 18.1 Å². The molecular formula is C15H20BrClO. The Bertz CT molecular complexity index is 365. The molecule has 1 nitrogen and oxygen atoms in total. The Morgan fingerprint density at radius 3 is 2.61 bits per heavy atom. The number of benzene rings is 1. The van der Waals surface area contributed by atoms with Gasteiger partial charge in [-0.15, -0.1) is 0 Å². The minimum atomic E-state index is 0.446. The Morgan fingerprint density at radius 1 is 1.33 bits per heavy atom. The highest BCUT2D eigenvalue weighted by atomic mass is 79.9. The van der Waals surface area contributed by atoms with Gasteiger partial charge in [-0.1, -0.05) is 39.7 Å². The molecule has 1 fully saturated rings. The van der Waals surface area contributed by atoms with Crippen LogP contribution in [0.1, 0.15) is 31.7 Å². The molecule has 1 saturated heterocycles. The van der Waals surface area contributed by atoms with E-state index in [0.717, 1.165) is 23.2 Å². The zero-order valence-electron chi connectivity index (χ0n) is 10.7. The number of rotatable bonds is 5. The van der Waals surface area contributed by atoms with Crippen LogP contribution in [0, 0.1) is 5.92 Å². The molecule has 100 valence electrons. The predicted molar refractivity (Wildman–Crippen MR) is 80.6 cm³/mol. The van der Waals surface area contributed by atoms with Gasteiger partial charge in [0, 0.05) is 10.4 Å². The molecule has 3 heteroatoms. The van der Waals surface area contributed by atoms with Crippen molar-refractivity contribution >= 4 is 27.5 Å². The molecule has 1 aliphatic rings. The molecule has 1 aromatic rings. The molecule has 0 saturated carbocycles. The van der Waals surface area contributed by atoms with Crippen LogP contribution < -0.4 is 0 Å². The van der Waals surface area contributed by atoms with Gasteiger partial charge in [-0.25, -0.2) is 0 Å². The summed E-state index contributed by atoms with van der Waals surface area (Å²) in [6.07, 6.45) is 5.57. The summed E-state index contributed by atoms with van der Waals surface area (Å²) >= 11 is 9.53. The van der Waals surface area contributed by atoms with E-state index >= 15 is 0 Å². The van der Waals surface area contributed by atoms with Crippen LogP contribution in [0.2, 0.25) is 5.02 Å². The minimum absolute atomic E-state index is 0.446. The van der Waals surface area contributed by atoms with Gasteiger partial charge in [0.05, 0.1) is 12.2 Å². The van der Waals surface area contributed by atoms with Gasteiger partial charge >= 0.3 is 0 Å². The highest BCUT2D eigenvalue weighted by Gasteiger charge is 2.24. The van der Waals surface area contributed by atoms with Crippen LogP contribution in [0.4, 0.5) is 0 Å². The largest absolute Gasteiger partial charge is 0.375 e. The summed E-state index contributed by atoms with van der Waals surface area (Å²) in [5.74, 6) is 0.640. The van der Waals surface area contributed by atoms with Gasteiger partial charge in [-0.3, -0.25) is 0 Å². The third-order valence-corrected chi connectivity index (χ3v) is 4.74. The molecule has 1 aromatic carbocycles.